The van der Waals surface area contributed by atoms with Crippen molar-refractivity contribution in [3.8, 4) is 0 Å². The van der Waals surface area contributed by atoms with Crippen molar-refractivity contribution in [2.24, 2.45) is 0 Å². The number of benzene rings is 1. The SMILES string of the molecule is Nc1ccc(SC2CCOC2=O)cc1F. The third kappa shape index (κ3) is 2.23. The summed E-state index contributed by atoms with van der Waals surface area (Å²) in [6, 6.07) is 4.54. The van der Waals surface area contributed by atoms with E-state index in [2.05, 4.69) is 0 Å². The molecule has 5 heteroatoms. The van der Waals surface area contributed by atoms with Gasteiger partial charge in [0.25, 0.3) is 0 Å². The van der Waals surface area contributed by atoms with Crippen molar-refractivity contribution in [2.45, 2.75) is 16.6 Å². The van der Waals surface area contributed by atoms with Crippen LogP contribution in [0.5, 0.6) is 0 Å². The van der Waals surface area contributed by atoms with Crippen LogP contribution in [0.3, 0.4) is 0 Å². The Bertz CT molecular complexity index is 397. The Morgan fingerprint density at radius 2 is 2.33 bits per heavy atom. The van der Waals surface area contributed by atoms with Gasteiger partial charge >= 0.3 is 5.97 Å². The van der Waals surface area contributed by atoms with Gasteiger partial charge in [0.1, 0.15) is 11.1 Å². The van der Waals surface area contributed by atoms with Gasteiger partial charge in [0.2, 0.25) is 0 Å². The molecule has 0 radical (unpaired) electrons. The molecule has 0 bridgehead atoms. The van der Waals surface area contributed by atoms with E-state index in [1.54, 1.807) is 6.07 Å². The average molecular weight is 227 g/mol. The van der Waals surface area contributed by atoms with Crippen molar-refractivity contribution in [1.82, 2.24) is 0 Å². The quantitative estimate of drug-likeness (QED) is 0.618. The van der Waals surface area contributed by atoms with Crippen LogP contribution in [0, 0.1) is 5.82 Å². The Kier molecular flexibility index (Phi) is 2.81. The van der Waals surface area contributed by atoms with Gasteiger partial charge in [-0.25, -0.2) is 4.39 Å². The minimum Gasteiger partial charge on any atom is -0.465 e. The number of hydrogen-bond acceptors (Lipinski definition) is 4. The van der Waals surface area contributed by atoms with Crippen LogP contribution in [0.1, 0.15) is 6.42 Å². The van der Waals surface area contributed by atoms with Gasteiger partial charge in [-0.2, -0.15) is 0 Å². The van der Waals surface area contributed by atoms with E-state index in [1.807, 2.05) is 0 Å². The van der Waals surface area contributed by atoms with E-state index in [0.29, 0.717) is 17.9 Å². The number of carbonyl (C=O) groups excluding carboxylic acids is 1. The molecule has 0 spiro atoms. The van der Waals surface area contributed by atoms with Crippen molar-refractivity contribution >= 4 is 23.4 Å². The summed E-state index contributed by atoms with van der Waals surface area (Å²) in [5, 5.41) is -0.215. The lowest BCUT2D eigenvalue weighted by Crippen LogP contribution is -2.09. The summed E-state index contributed by atoms with van der Waals surface area (Å²) in [4.78, 5) is 11.9. The second-order valence-electron chi connectivity index (χ2n) is 3.25. The molecule has 0 aliphatic carbocycles. The van der Waals surface area contributed by atoms with E-state index < -0.39 is 5.82 Å². The third-order valence-electron chi connectivity index (χ3n) is 2.14. The zero-order valence-corrected chi connectivity index (χ0v) is 8.72. The molecule has 0 amide bonds. The van der Waals surface area contributed by atoms with E-state index >= 15 is 0 Å². The summed E-state index contributed by atoms with van der Waals surface area (Å²) in [5.74, 6) is -0.677. The highest BCUT2D eigenvalue weighted by Gasteiger charge is 2.27. The zero-order chi connectivity index (χ0) is 10.8. The minimum absolute atomic E-state index is 0.119. The van der Waals surface area contributed by atoms with Gasteiger partial charge < -0.3 is 10.5 Å². The number of nitrogen functional groups attached to an aromatic ring is 1. The molecule has 0 saturated carbocycles. The normalized spacial score (nSPS) is 20.3. The lowest BCUT2D eigenvalue weighted by atomic mass is 10.3. The molecule has 1 atom stereocenters. The smallest absolute Gasteiger partial charge is 0.319 e. The molecule has 1 aliphatic heterocycles. The molecule has 1 aliphatic rings. The van der Waals surface area contributed by atoms with Crippen LogP contribution in [0.25, 0.3) is 0 Å². The lowest BCUT2D eigenvalue weighted by Gasteiger charge is -2.06. The molecule has 1 fully saturated rings. The lowest BCUT2D eigenvalue weighted by molar-refractivity contribution is -0.137. The van der Waals surface area contributed by atoms with Crippen molar-refractivity contribution in [3.63, 3.8) is 0 Å². The Morgan fingerprint density at radius 1 is 1.53 bits per heavy atom. The van der Waals surface area contributed by atoms with Gasteiger partial charge in [0, 0.05) is 11.3 Å². The van der Waals surface area contributed by atoms with Gasteiger partial charge in [-0.05, 0) is 18.2 Å². The number of hydrogen-bond donors (Lipinski definition) is 1. The molecule has 1 saturated heterocycles. The number of cyclic esters (lactones) is 1. The fourth-order valence-electron chi connectivity index (χ4n) is 1.33. The molecule has 1 aromatic carbocycles. The molecular formula is C10H10FNO2S. The fraction of sp³-hybridized carbons (Fsp3) is 0.300. The van der Waals surface area contributed by atoms with Gasteiger partial charge in [-0.15, -0.1) is 11.8 Å². The molecule has 2 rings (SSSR count). The van der Waals surface area contributed by atoms with E-state index in [0.717, 1.165) is 0 Å². The van der Waals surface area contributed by atoms with Crippen LogP contribution in [0.2, 0.25) is 0 Å². The summed E-state index contributed by atoms with van der Waals surface area (Å²) in [7, 11) is 0. The van der Waals surface area contributed by atoms with E-state index in [1.165, 1.54) is 23.9 Å². The van der Waals surface area contributed by atoms with Gasteiger partial charge in [-0.1, -0.05) is 0 Å². The highest BCUT2D eigenvalue weighted by atomic mass is 32.2. The molecule has 0 aromatic heterocycles. The predicted molar refractivity (Wildman–Crippen MR) is 56.0 cm³/mol. The molecular weight excluding hydrogens is 217 g/mol. The Balaban J connectivity index is 2.10. The summed E-state index contributed by atoms with van der Waals surface area (Å²) >= 11 is 1.31. The van der Waals surface area contributed by atoms with Gasteiger partial charge in [-0.3, -0.25) is 4.79 Å². The highest BCUT2D eigenvalue weighted by Crippen LogP contribution is 2.30. The predicted octanol–water partition coefficient (Wildman–Crippen LogP) is 1.82. The number of nitrogens with two attached hydrogens (primary N) is 1. The summed E-state index contributed by atoms with van der Waals surface area (Å²) in [5.41, 5.74) is 5.47. The van der Waals surface area contributed by atoms with E-state index in [4.69, 9.17) is 10.5 Å². The third-order valence-corrected chi connectivity index (χ3v) is 3.38. The van der Waals surface area contributed by atoms with Crippen molar-refractivity contribution in [2.75, 3.05) is 12.3 Å². The maximum Gasteiger partial charge on any atom is 0.319 e. The number of halogens is 1. The highest BCUT2D eigenvalue weighted by molar-refractivity contribution is 8.00. The van der Waals surface area contributed by atoms with Crippen LogP contribution in [0.4, 0.5) is 10.1 Å². The summed E-state index contributed by atoms with van der Waals surface area (Å²) in [6.07, 6.45) is 0.676. The first kappa shape index (κ1) is 10.3. The number of rotatable bonds is 2. The van der Waals surface area contributed by atoms with Crippen LogP contribution in [-0.4, -0.2) is 17.8 Å². The number of anilines is 1. The van der Waals surface area contributed by atoms with Crippen LogP contribution in [-0.2, 0) is 9.53 Å². The Hall–Kier alpha value is -1.23. The Morgan fingerprint density at radius 3 is 2.93 bits per heavy atom. The summed E-state index contributed by atoms with van der Waals surface area (Å²) < 4.78 is 17.9. The number of carbonyl (C=O) groups is 1. The zero-order valence-electron chi connectivity index (χ0n) is 7.90. The van der Waals surface area contributed by atoms with Crippen molar-refractivity contribution in [1.29, 1.82) is 0 Å². The fourth-order valence-corrected chi connectivity index (χ4v) is 2.35. The van der Waals surface area contributed by atoms with E-state index in [-0.39, 0.29) is 16.9 Å². The molecule has 80 valence electrons. The monoisotopic (exact) mass is 227 g/mol. The van der Waals surface area contributed by atoms with Gasteiger partial charge in [0.15, 0.2) is 0 Å². The first-order valence-corrected chi connectivity index (χ1v) is 5.43. The first-order chi connectivity index (χ1) is 7.16. The molecule has 1 unspecified atom stereocenters. The Labute approximate surface area is 90.8 Å². The standard InChI is InChI=1S/C10H10FNO2S/c11-7-5-6(1-2-8(7)12)15-9-3-4-14-10(9)13/h1-2,5,9H,3-4,12H2. The molecule has 1 heterocycles. The molecule has 15 heavy (non-hydrogen) atoms. The second kappa shape index (κ2) is 4.10. The maximum atomic E-state index is 13.1. The van der Waals surface area contributed by atoms with Crippen LogP contribution >= 0.6 is 11.8 Å². The minimum atomic E-state index is -0.452. The van der Waals surface area contributed by atoms with E-state index in [9.17, 15) is 9.18 Å². The number of ether oxygens (including phenoxy) is 1. The van der Waals surface area contributed by atoms with Crippen LogP contribution in [0.15, 0.2) is 23.1 Å². The topological polar surface area (TPSA) is 52.3 Å². The maximum absolute atomic E-state index is 13.1. The first-order valence-electron chi connectivity index (χ1n) is 4.55. The largest absolute Gasteiger partial charge is 0.465 e. The average Bonchev–Trinajstić information content (AvgIpc) is 2.59. The molecule has 1 aromatic rings. The number of thioether (sulfide) groups is 1. The van der Waals surface area contributed by atoms with Crippen molar-refractivity contribution < 1.29 is 13.9 Å². The number of esters is 1. The molecule has 3 nitrogen and oxygen atoms in total. The van der Waals surface area contributed by atoms with Crippen molar-refractivity contribution in [3.05, 3.63) is 24.0 Å². The van der Waals surface area contributed by atoms with Gasteiger partial charge in [0.05, 0.1) is 12.3 Å². The summed E-state index contributed by atoms with van der Waals surface area (Å²) in [6.45, 7) is 0.452. The molecule has 2 N–H and O–H groups in total. The second-order valence-corrected chi connectivity index (χ2v) is 4.52. The van der Waals surface area contributed by atoms with Crippen LogP contribution < -0.4 is 5.73 Å².